The topological polar surface area (TPSA) is 9.23 Å². The Morgan fingerprint density at radius 2 is 0.377 bits per heavy atom. The first kappa shape index (κ1) is 37.3. The summed E-state index contributed by atoms with van der Waals surface area (Å²) in [5.41, 5.74) is 17.6. The Balaban J connectivity index is 1.37. The van der Waals surface area contributed by atoms with Crippen molar-refractivity contribution in [2.45, 2.75) is 0 Å². The van der Waals surface area contributed by atoms with Gasteiger partial charge in [-0.3, -0.25) is 0 Å². The molecule has 10 aromatic carbocycles. The summed E-state index contributed by atoms with van der Waals surface area (Å²) >= 11 is 0. The van der Waals surface area contributed by atoms with E-state index in [-0.39, 0.29) is 0 Å². The largest absolute Gasteiger partial charge is 0.456 e. The fourth-order valence-corrected chi connectivity index (χ4v) is 8.67. The molecule has 0 unspecified atom stereocenters. The van der Waals surface area contributed by atoms with E-state index in [1.165, 1.54) is 0 Å². The fourth-order valence-electron chi connectivity index (χ4n) is 8.67. The van der Waals surface area contributed by atoms with Gasteiger partial charge in [0.25, 0.3) is 0 Å². The van der Waals surface area contributed by atoms with Gasteiger partial charge in [-0.2, -0.15) is 0 Å². The summed E-state index contributed by atoms with van der Waals surface area (Å²) in [6, 6.07) is 90.5. The second kappa shape index (κ2) is 17.1. The number of benzene rings is 10. The van der Waals surface area contributed by atoms with Crippen molar-refractivity contribution in [3.63, 3.8) is 0 Å². The van der Waals surface area contributed by atoms with E-state index < -0.39 is 0 Å². The fraction of sp³-hybridized carbons (Fsp3) is 0. The summed E-state index contributed by atoms with van der Waals surface area (Å²) < 4.78 is 7.78. The number of rotatable bonds is 10. The van der Waals surface area contributed by atoms with Crippen molar-refractivity contribution in [2.24, 2.45) is 0 Å². The molecule has 0 amide bonds. The molecule has 0 saturated heterocycles. The van der Waals surface area contributed by atoms with Crippen LogP contribution in [0.15, 0.2) is 255 Å². The molecule has 0 fully saturated rings. The van der Waals surface area contributed by atoms with E-state index in [0.717, 1.165) is 101 Å². The van der Waals surface area contributed by atoms with E-state index in [1.54, 1.807) is 0 Å². The van der Waals surface area contributed by atoms with Crippen molar-refractivity contribution < 1.29 is 4.74 Å². The van der Waals surface area contributed by atoms with Gasteiger partial charge in [0.2, 0.25) is 0 Å². The van der Waals surface area contributed by atoms with Crippen LogP contribution in [0.1, 0.15) is 0 Å². The molecular formula is C60H42O. The minimum atomic E-state index is 0.770. The normalized spacial score (nSPS) is 11.0. The van der Waals surface area contributed by atoms with Crippen LogP contribution >= 0.6 is 0 Å². The average molecular weight is 779 g/mol. The lowest BCUT2D eigenvalue weighted by Gasteiger charge is -2.27. The first-order chi connectivity index (χ1) is 30.3. The molecule has 0 aliphatic heterocycles. The summed E-state index contributed by atoms with van der Waals surface area (Å²) in [7, 11) is 0. The van der Waals surface area contributed by atoms with Crippen LogP contribution < -0.4 is 4.74 Å². The van der Waals surface area contributed by atoms with Crippen LogP contribution in [-0.4, -0.2) is 0 Å². The number of ether oxygens (including phenoxy) is 1. The highest BCUT2D eigenvalue weighted by atomic mass is 16.5. The van der Waals surface area contributed by atoms with Gasteiger partial charge >= 0.3 is 0 Å². The Labute approximate surface area is 358 Å². The Morgan fingerprint density at radius 1 is 0.180 bits per heavy atom. The lowest BCUT2D eigenvalue weighted by Crippen LogP contribution is -2.01. The van der Waals surface area contributed by atoms with Crippen LogP contribution in [0.25, 0.3) is 89.0 Å². The van der Waals surface area contributed by atoms with Crippen molar-refractivity contribution >= 4 is 0 Å². The molecule has 0 saturated carbocycles. The Hall–Kier alpha value is -8.00. The minimum Gasteiger partial charge on any atom is -0.456 e. The van der Waals surface area contributed by atoms with Crippen LogP contribution in [-0.2, 0) is 0 Å². The zero-order chi connectivity index (χ0) is 40.8. The summed E-state index contributed by atoms with van der Waals surface area (Å²) in [5.74, 6) is 1.54. The molecule has 61 heavy (non-hydrogen) atoms. The highest BCUT2D eigenvalue weighted by Gasteiger charge is 2.28. The molecule has 0 radical (unpaired) electrons. The number of hydrogen-bond donors (Lipinski definition) is 0. The Morgan fingerprint density at radius 3 is 0.623 bits per heavy atom. The van der Waals surface area contributed by atoms with Crippen molar-refractivity contribution in [3.8, 4) is 101 Å². The average Bonchev–Trinajstić information content (AvgIpc) is 3.35. The van der Waals surface area contributed by atoms with E-state index in [0.29, 0.717) is 0 Å². The summed E-state index contributed by atoms with van der Waals surface area (Å²) in [4.78, 5) is 0. The molecule has 0 aliphatic carbocycles. The molecule has 0 aliphatic rings. The van der Waals surface area contributed by atoms with E-state index in [1.807, 2.05) is 0 Å². The molecule has 0 atom stereocenters. The van der Waals surface area contributed by atoms with E-state index in [4.69, 9.17) is 4.74 Å². The van der Waals surface area contributed by atoms with Crippen molar-refractivity contribution in [1.29, 1.82) is 0 Å². The maximum Gasteiger partial charge on any atom is 0.136 e. The quantitative estimate of drug-likeness (QED) is 0.134. The molecule has 10 aromatic rings. The summed E-state index contributed by atoms with van der Waals surface area (Å²) in [6.07, 6.45) is 0. The van der Waals surface area contributed by atoms with Gasteiger partial charge in [0.1, 0.15) is 11.5 Å². The third-order valence-corrected chi connectivity index (χ3v) is 11.3. The molecule has 1 heteroatoms. The smallest absolute Gasteiger partial charge is 0.136 e. The summed E-state index contributed by atoms with van der Waals surface area (Å²) in [5, 5.41) is 0. The maximum atomic E-state index is 7.78. The molecule has 0 spiro atoms. The highest BCUT2D eigenvalue weighted by Crippen LogP contribution is 2.55. The van der Waals surface area contributed by atoms with Crippen LogP contribution in [0, 0.1) is 0 Å². The molecule has 0 bridgehead atoms. The zero-order valence-electron chi connectivity index (χ0n) is 33.7. The Kier molecular flexibility index (Phi) is 10.4. The predicted octanol–water partition coefficient (Wildman–Crippen LogP) is 16.8. The standard InChI is InChI=1S/C60H42O/c1-9-25-43(26-10-1)51-41-53(57(47-33-17-5-18-34-47)59(49-37-21-7-22-38-49)55(51)45-29-13-3-14-30-45)61-54-42-52(44-27-11-2-12-28-44)56(46-31-15-4-16-32-46)60(50-39-23-8-24-40-50)58(54)48-35-19-6-20-36-48/h1-42H. The van der Waals surface area contributed by atoms with E-state index in [9.17, 15) is 0 Å². The van der Waals surface area contributed by atoms with Gasteiger partial charge in [0, 0.05) is 22.3 Å². The molecule has 288 valence electrons. The van der Waals surface area contributed by atoms with Crippen LogP contribution in [0.2, 0.25) is 0 Å². The lowest BCUT2D eigenvalue weighted by atomic mass is 9.81. The first-order valence-corrected chi connectivity index (χ1v) is 20.8. The third kappa shape index (κ3) is 7.46. The van der Waals surface area contributed by atoms with E-state index >= 15 is 0 Å². The minimum absolute atomic E-state index is 0.770. The van der Waals surface area contributed by atoms with Crippen molar-refractivity contribution in [2.75, 3.05) is 0 Å². The Bertz CT molecular complexity index is 2810. The van der Waals surface area contributed by atoms with Crippen LogP contribution in [0.5, 0.6) is 11.5 Å². The molecule has 1 nitrogen and oxygen atoms in total. The second-order valence-electron chi connectivity index (χ2n) is 15.1. The van der Waals surface area contributed by atoms with Crippen LogP contribution in [0.4, 0.5) is 0 Å². The maximum absolute atomic E-state index is 7.78. The van der Waals surface area contributed by atoms with Crippen molar-refractivity contribution in [3.05, 3.63) is 255 Å². The zero-order valence-corrected chi connectivity index (χ0v) is 33.7. The van der Waals surface area contributed by atoms with E-state index in [2.05, 4.69) is 255 Å². The van der Waals surface area contributed by atoms with Crippen LogP contribution in [0.3, 0.4) is 0 Å². The van der Waals surface area contributed by atoms with Gasteiger partial charge in [-0.25, -0.2) is 0 Å². The molecule has 0 aromatic heterocycles. The molecule has 0 heterocycles. The molecule has 0 N–H and O–H groups in total. The predicted molar refractivity (Wildman–Crippen MR) is 256 cm³/mol. The monoisotopic (exact) mass is 778 g/mol. The molecular weight excluding hydrogens is 737 g/mol. The van der Waals surface area contributed by atoms with Crippen molar-refractivity contribution in [1.82, 2.24) is 0 Å². The van der Waals surface area contributed by atoms with Gasteiger partial charge < -0.3 is 4.74 Å². The van der Waals surface area contributed by atoms with Gasteiger partial charge in [0.05, 0.1) is 0 Å². The highest BCUT2D eigenvalue weighted by molar-refractivity contribution is 6.06. The SMILES string of the molecule is c1ccc(-c2cc(Oc3cc(-c4ccccc4)c(-c4ccccc4)c(-c4ccccc4)c3-c3ccccc3)c(-c3ccccc3)c(-c3ccccc3)c2-c2ccccc2)cc1. The number of hydrogen-bond acceptors (Lipinski definition) is 1. The lowest BCUT2D eigenvalue weighted by molar-refractivity contribution is 0.487. The van der Waals surface area contributed by atoms with Gasteiger partial charge in [-0.15, -0.1) is 0 Å². The van der Waals surface area contributed by atoms with Gasteiger partial charge in [0.15, 0.2) is 0 Å². The van der Waals surface area contributed by atoms with Gasteiger partial charge in [-0.1, -0.05) is 243 Å². The summed E-state index contributed by atoms with van der Waals surface area (Å²) in [6.45, 7) is 0. The molecule has 10 rings (SSSR count). The first-order valence-electron chi connectivity index (χ1n) is 20.8. The third-order valence-electron chi connectivity index (χ3n) is 11.3. The second-order valence-corrected chi connectivity index (χ2v) is 15.1. The van der Waals surface area contributed by atoms with Gasteiger partial charge in [-0.05, 0) is 78.9 Å².